The Morgan fingerprint density at radius 3 is 2.65 bits per heavy atom. The molecule has 0 aliphatic rings. The molecule has 2 atom stereocenters. The number of hydrogen-bond donors (Lipinski definition) is 1. The van der Waals surface area contributed by atoms with Crippen molar-refractivity contribution in [3.05, 3.63) is 33.8 Å². The Balaban J connectivity index is 2.58. The summed E-state index contributed by atoms with van der Waals surface area (Å²) in [6.07, 6.45) is 2.39. The molecule has 0 amide bonds. The van der Waals surface area contributed by atoms with E-state index in [-0.39, 0.29) is 5.97 Å². The third-order valence-corrected chi connectivity index (χ3v) is 4.31. The van der Waals surface area contributed by atoms with Crippen LogP contribution in [-0.4, -0.2) is 19.1 Å². The zero-order valence-electron chi connectivity index (χ0n) is 12.7. The van der Waals surface area contributed by atoms with E-state index in [2.05, 4.69) is 42.0 Å². The van der Waals surface area contributed by atoms with Gasteiger partial charge in [0.1, 0.15) is 0 Å². The fourth-order valence-corrected chi connectivity index (χ4v) is 2.59. The Morgan fingerprint density at radius 2 is 2.10 bits per heavy atom. The molecule has 0 aliphatic carbocycles. The highest BCUT2D eigenvalue weighted by Crippen LogP contribution is 2.20. The van der Waals surface area contributed by atoms with Gasteiger partial charge < -0.3 is 10.1 Å². The van der Waals surface area contributed by atoms with Crippen LogP contribution in [0.15, 0.2) is 22.7 Å². The standard InChI is InChI=1S/C16H24BrNO2/c1-5-11(2)8-12(3)18-10-14-7-6-13(9-15(14)17)16(19)20-4/h6-7,9,11-12,18H,5,8,10H2,1-4H3. The number of carbonyl (C=O) groups excluding carboxylic acids is 1. The van der Waals surface area contributed by atoms with Crippen LogP contribution in [-0.2, 0) is 11.3 Å². The summed E-state index contributed by atoms with van der Waals surface area (Å²) in [5.41, 5.74) is 1.71. The van der Waals surface area contributed by atoms with Gasteiger partial charge in [-0.25, -0.2) is 4.79 Å². The summed E-state index contributed by atoms with van der Waals surface area (Å²) in [5.74, 6) is 0.429. The highest BCUT2D eigenvalue weighted by molar-refractivity contribution is 9.10. The Hall–Kier alpha value is -0.870. The van der Waals surface area contributed by atoms with Crippen LogP contribution < -0.4 is 5.32 Å². The fourth-order valence-electron chi connectivity index (χ4n) is 2.07. The summed E-state index contributed by atoms with van der Waals surface area (Å²) in [6, 6.07) is 6.05. The predicted molar refractivity (Wildman–Crippen MR) is 85.9 cm³/mol. The van der Waals surface area contributed by atoms with Crippen molar-refractivity contribution >= 4 is 21.9 Å². The molecule has 0 saturated carbocycles. The quantitative estimate of drug-likeness (QED) is 0.757. The molecule has 2 unspecified atom stereocenters. The molecule has 0 saturated heterocycles. The molecule has 112 valence electrons. The summed E-state index contributed by atoms with van der Waals surface area (Å²) in [7, 11) is 1.39. The number of hydrogen-bond acceptors (Lipinski definition) is 3. The van der Waals surface area contributed by atoms with Crippen LogP contribution in [0.3, 0.4) is 0 Å². The number of benzene rings is 1. The van der Waals surface area contributed by atoms with E-state index in [1.807, 2.05) is 12.1 Å². The van der Waals surface area contributed by atoms with Gasteiger partial charge in [0.05, 0.1) is 12.7 Å². The first-order valence-electron chi connectivity index (χ1n) is 7.08. The average Bonchev–Trinajstić information content (AvgIpc) is 2.44. The maximum absolute atomic E-state index is 11.4. The van der Waals surface area contributed by atoms with Gasteiger partial charge in [-0.1, -0.05) is 42.3 Å². The maximum atomic E-state index is 11.4. The van der Waals surface area contributed by atoms with Crippen molar-refractivity contribution in [3.63, 3.8) is 0 Å². The summed E-state index contributed by atoms with van der Waals surface area (Å²) in [6.45, 7) is 7.50. The van der Waals surface area contributed by atoms with Crippen molar-refractivity contribution in [1.82, 2.24) is 5.32 Å². The van der Waals surface area contributed by atoms with E-state index < -0.39 is 0 Å². The van der Waals surface area contributed by atoms with E-state index in [0.717, 1.165) is 22.5 Å². The third-order valence-electron chi connectivity index (χ3n) is 3.57. The van der Waals surface area contributed by atoms with E-state index in [4.69, 9.17) is 4.74 Å². The molecule has 1 N–H and O–H groups in total. The Labute approximate surface area is 130 Å². The van der Waals surface area contributed by atoms with Gasteiger partial charge in [0.2, 0.25) is 0 Å². The van der Waals surface area contributed by atoms with Crippen molar-refractivity contribution in [3.8, 4) is 0 Å². The second-order valence-electron chi connectivity index (χ2n) is 5.33. The highest BCUT2D eigenvalue weighted by atomic mass is 79.9. The van der Waals surface area contributed by atoms with E-state index in [9.17, 15) is 4.79 Å². The van der Waals surface area contributed by atoms with Gasteiger partial charge in [0.25, 0.3) is 0 Å². The molecule has 1 aromatic rings. The minimum absolute atomic E-state index is 0.310. The third kappa shape index (κ3) is 5.25. The summed E-state index contributed by atoms with van der Waals surface area (Å²) in [4.78, 5) is 11.4. The molecule has 3 nitrogen and oxygen atoms in total. The Kier molecular flexibility index (Phi) is 7.24. The monoisotopic (exact) mass is 341 g/mol. The molecule has 0 fully saturated rings. The van der Waals surface area contributed by atoms with E-state index in [1.165, 1.54) is 20.0 Å². The van der Waals surface area contributed by atoms with E-state index in [1.54, 1.807) is 6.07 Å². The van der Waals surface area contributed by atoms with Crippen LogP contribution in [0, 0.1) is 5.92 Å². The number of ether oxygens (including phenoxy) is 1. The lowest BCUT2D eigenvalue weighted by Gasteiger charge is -2.18. The van der Waals surface area contributed by atoms with Crippen molar-refractivity contribution in [2.24, 2.45) is 5.92 Å². The topological polar surface area (TPSA) is 38.3 Å². The lowest BCUT2D eigenvalue weighted by atomic mass is 10.0. The van der Waals surface area contributed by atoms with Gasteiger partial charge in [-0.2, -0.15) is 0 Å². The zero-order chi connectivity index (χ0) is 15.1. The smallest absolute Gasteiger partial charge is 0.337 e. The molecule has 0 spiro atoms. The molecule has 4 heteroatoms. The van der Waals surface area contributed by atoms with Crippen LogP contribution in [0.5, 0.6) is 0 Å². The SMILES string of the molecule is CCC(C)CC(C)NCc1ccc(C(=O)OC)cc1Br. The molecular formula is C16H24BrNO2. The Morgan fingerprint density at radius 1 is 1.40 bits per heavy atom. The van der Waals surface area contributed by atoms with Crippen LogP contribution in [0.1, 0.15) is 49.5 Å². The van der Waals surface area contributed by atoms with Gasteiger partial charge in [-0.15, -0.1) is 0 Å². The Bertz CT molecular complexity index is 448. The van der Waals surface area contributed by atoms with Crippen LogP contribution in [0.4, 0.5) is 0 Å². The zero-order valence-corrected chi connectivity index (χ0v) is 14.3. The number of nitrogens with one attached hydrogen (secondary N) is 1. The molecular weight excluding hydrogens is 318 g/mol. The summed E-state index contributed by atoms with van der Waals surface area (Å²) in [5, 5.41) is 3.52. The fraction of sp³-hybridized carbons (Fsp3) is 0.562. The normalized spacial score (nSPS) is 13.8. The largest absolute Gasteiger partial charge is 0.465 e. The molecule has 0 bridgehead atoms. The molecule has 1 rings (SSSR count). The van der Waals surface area contributed by atoms with E-state index >= 15 is 0 Å². The maximum Gasteiger partial charge on any atom is 0.337 e. The molecule has 20 heavy (non-hydrogen) atoms. The first kappa shape index (κ1) is 17.2. The van der Waals surface area contributed by atoms with Gasteiger partial charge in [0, 0.05) is 17.1 Å². The van der Waals surface area contributed by atoms with Gasteiger partial charge in [0.15, 0.2) is 0 Å². The van der Waals surface area contributed by atoms with Crippen molar-refractivity contribution in [2.75, 3.05) is 7.11 Å². The molecule has 0 aliphatic heterocycles. The number of esters is 1. The lowest BCUT2D eigenvalue weighted by Crippen LogP contribution is -2.27. The van der Waals surface area contributed by atoms with Gasteiger partial charge >= 0.3 is 5.97 Å². The van der Waals surface area contributed by atoms with Crippen molar-refractivity contribution in [2.45, 2.75) is 46.2 Å². The summed E-state index contributed by atoms with van der Waals surface area (Å²) >= 11 is 3.51. The van der Waals surface area contributed by atoms with Crippen LogP contribution >= 0.6 is 15.9 Å². The van der Waals surface area contributed by atoms with Crippen LogP contribution in [0.2, 0.25) is 0 Å². The second-order valence-corrected chi connectivity index (χ2v) is 6.18. The van der Waals surface area contributed by atoms with Crippen molar-refractivity contribution in [1.29, 1.82) is 0 Å². The molecule has 1 aromatic carbocycles. The highest BCUT2D eigenvalue weighted by Gasteiger charge is 2.10. The first-order valence-corrected chi connectivity index (χ1v) is 7.87. The minimum atomic E-state index is -0.310. The van der Waals surface area contributed by atoms with E-state index in [0.29, 0.717) is 11.6 Å². The van der Waals surface area contributed by atoms with Gasteiger partial charge in [-0.05, 0) is 37.0 Å². The molecule has 0 aromatic heterocycles. The summed E-state index contributed by atoms with van der Waals surface area (Å²) < 4.78 is 5.64. The number of halogens is 1. The van der Waals surface area contributed by atoms with Gasteiger partial charge in [-0.3, -0.25) is 0 Å². The van der Waals surface area contributed by atoms with Crippen LogP contribution in [0.25, 0.3) is 0 Å². The molecule has 0 radical (unpaired) electrons. The molecule has 0 heterocycles. The number of carbonyl (C=O) groups is 1. The average molecular weight is 342 g/mol. The first-order chi connectivity index (χ1) is 9.47. The predicted octanol–water partition coefficient (Wildman–Crippen LogP) is 4.15. The number of rotatable bonds is 7. The lowest BCUT2D eigenvalue weighted by molar-refractivity contribution is 0.0600. The minimum Gasteiger partial charge on any atom is -0.465 e. The second kappa shape index (κ2) is 8.42. The number of methoxy groups -OCH3 is 1. The van der Waals surface area contributed by atoms with Crippen molar-refractivity contribution < 1.29 is 9.53 Å².